The van der Waals surface area contributed by atoms with Gasteiger partial charge in [0.05, 0.1) is 23.2 Å². The number of carbonyl (C=O) groups excluding carboxylic acids is 1. The van der Waals surface area contributed by atoms with E-state index in [0.717, 1.165) is 50.3 Å². The Morgan fingerprint density at radius 3 is 3.17 bits per heavy atom. The third-order valence-corrected chi connectivity index (χ3v) is 5.47. The molecular formula is C17H22N4O2S. The van der Waals surface area contributed by atoms with Gasteiger partial charge in [-0.1, -0.05) is 6.07 Å². The molecule has 4 rings (SSSR count). The lowest BCUT2D eigenvalue weighted by molar-refractivity contribution is 0.108. The first-order valence-electron chi connectivity index (χ1n) is 8.54. The number of ether oxygens (including phenoxy) is 1. The molecule has 6 nitrogen and oxygen atoms in total. The average molecular weight is 346 g/mol. The van der Waals surface area contributed by atoms with Crippen LogP contribution in [0, 0.1) is 0 Å². The SMILES string of the molecule is O=C(NC[C@@H]1CCCO1)N1CCCn2nc(-c3cccs3)cc2C1. The molecule has 1 atom stereocenters. The van der Waals surface area contributed by atoms with Gasteiger partial charge in [-0.2, -0.15) is 5.10 Å². The number of aromatic nitrogens is 2. The summed E-state index contributed by atoms with van der Waals surface area (Å²) < 4.78 is 7.61. The fraction of sp³-hybridized carbons (Fsp3) is 0.529. The van der Waals surface area contributed by atoms with E-state index in [9.17, 15) is 4.79 Å². The summed E-state index contributed by atoms with van der Waals surface area (Å²) in [5, 5.41) is 9.79. The minimum atomic E-state index is -0.00202. The maximum atomic E-state index is 12.5. The smallest absolute Gasteiger partial charge is 0.317 e. The first-order valence-corrected chi connectivity index (χ1v) is 9.42. The summed E-state index contributed by atoms with van der Waals surface area (Å²) in [6, 6.07) is 6.23. The van der Waals surface area contributed by atoms with Crippen LogP contribution in [0.5, 0.6) is 0 Å². The summed E-state index contributed by atoms with van der Waals surface area (Å²) >= 11 is 1.69. The summed E-state index contributed by atoms with van der Waals surface area (Å²) in [5.41, 5.74) is 2.10. The van der Waals surface area contributed by atoms with Crippen molar-refractivity contribution in [3.63, 3.8) is 0 Å². The number of fused-ring (bicyclic) bond motifs is 1. The van der Waals surface area contributed by atoms with Gasteiger partial charge in [0.1, 0.15) is 5.69 Å². The van der Waals surface area contributed by atoms with Crippen LogP contribution in [0.25, 0.3) is 10.6 Å². The fourth-order valence-electron chi connectivity index (χ4n) is 3.30. The first kappa shape index (κ1) is 15.7. The van der Waals surface area contributed by atoms with Crippen molar-refractivity contribution >= 4 is 17.4 Å². The Bertz CT molecular complexity index is 692. The van der Waals surface area contributed by atoms with E-state index >= 15 is 0 Å². The standard InChI is InChI=1S/C17H22N4O2S/c22-17(18-11-14-4-1-8-23-14)20-6-3-7-21-13(12-20)10-15(19-21)16-5-2-9-24-16/h2,5,9-10,14H,1,3-4,6-8,11-12H2,(H,18,22)/t14-/m0/s1. The van der Waals surface area contributed by atoms with Crippen LogP contribution >= 0.6 is 11.3 Å². The van der Waals surface area contributed by atoms with Crippen molar-refractivity contribution in [2.24, 2.45) is 0 Å². The van der Waals surface area contributed by atoms with Gasteiger partial charge in [0.25, 0.3) is 0 Å². The molecule has 128 valence electrons. The molecule has 4 heterocycles. The number of rotatable bonds is 3. The zero-order valence-corrected chi connectivity index (χ0v) is 14.4. The van der Waals surface area contributed by atoms with Gasteiger partial charge in [-0.05, 0) is 36.8 Å². The quantitative estimate of drug-likeness (QED) is 0.930. The third kappa shape index (κ3) is 3.32. The molecule has 1 fully saturated rings. The predicted molar refractivity (Wildman–Crippen MR) is 92.9 cm³/mol. The lowest BCUT2D eigenvalue weighted by Gasteiger charge is -2.21. The highest BCUT2D eigenvalue weighted by atomic mass is 32.1. The molecule has 0 aromatic carbocycles. The maximum absolute atomic E-state index is 12.5. The molecule has 0 radical (unpaired) electrons. The number of thiophene rings is 1. The van der Waals surface area contributed by atoms with Crippen LogP contribution in [0.2, 0.25) is 0 Å². The second-order valence-corrected chi connectivity index (χ2v) is 7.27. The number of urea groups is 1. The van der Waals surface area contributed by atoms with E-state index in [1.54, 1.807) is 11.3 Å². The largest absolute Gasteiger partial charge is 0.376 e. The molecule has 7 heteroatoms. The number of nitrogens with zero attached hydrogens (tertiary/aromatic N) is 3. The molecule has 0 unspecified atom stereocenters. The van der Waals surface area contributed by atoms with Crippen molar-refractivity contribution < 1.29 is 9.53 Å². The molecule has 2 aliphatic rings. The Hall–Kier alpha value is -1.86. The maximum Gasteiger partial charge on any atom is 0.317 e. The molecule has 2 aliphatic heterocycles. The molecule has 0 bridgehead atoms. The molecule has 24 heavy (non-hydrogen) atoms. The second kappa shape index (κ2) is 6.94. The lowest BCUT2D eigenvalue weighted by atomic mass is 10.2. The number of carbonyl (C=O) groups is 1. The highest BCUT2D eigenvalue weighted by molar-refractivity contribution is 7.13. The molecule has 2 amide bonds. The van der Waals surface area contributed by atoms with Crippen LogP contribution in [0.1, 0.15) is 25.0 Å². The normalized spacial score (nSPS) is 20.7. The van der Waals surface area contributed by atoms with Gasteiger partial charge in [-0.3, -0.25) is 4.68 Å². The van der Waals surface area contributed by atoms with Crippen LogP contribution in [0.15, 0.2) is 23.6 Å². The average Bonchev–Trinajstić information content (AvgIpc) is 3.32. The van der Waals surface area contributed by atoms with Gasteiger partial charge in [0.15, 0.2) is 0 Å². The molecule has 0 spiro atoms. The van der Waals surface area contributed by atoms with Gasteiger partial charge in [0.2, 0.25) is 0 Å². The third-order valence-electron chi connectivity index (χ3n) is 4.58. The van der Waals surface area contributed by atoms with E-state index in [0.29, 0.717) is 13.1 Å². The minimum Gasteiger partial charge on any atom is -0.376 e. The topological polar surface area (TPSA) is 59.4 Å². The lowest BCUT2D eigenvalue weighted by Crippen LogP contribution is -2.42. The van der Waals surface area contributed by atoms with Gasteiger partial charge >= 0.3 is 6.03 Å². The van der Waals surface area contributed by atoms with Crippen molar-refractivity contribution in [1.82, 2.24) is 20.0 Å². The molecule has 2 aromatic heterocycles. The van der Waals surface area contributed by atoms with Gasteiger partial charge in [-0.15, -0.1) is 11.3 Å². The van der Waals surface area contributed by atoms with E-state index in [1.807, 2.05) is 15.6 Å². The Kier molecular flexibility index (Phi) is 4.53. The monoisotopic (exact) mass is 346 g/mol. The first-order chi connectivity index (χ1) is 11.8. The van der Waals surface area contributed by atoms with E-state index in [4.69, 9.17) is 9.84 Å². The summed E-state index contributed by atoms with van der Waals surface area (Å²) in [7, 11) is 0. The van der Waals surface area contributed by atoms with Gasteiger partial charge < -0.3 is 15.0 Å². The Morgan fingerprint density at radius 1 is 1.42 bits per heavy atom. The second-order valence-electron chi connectivity index (χ2n) is 6.32. The van der Waals surface area contributed by atoms with Crippen LogP contribution in [0.3, 0.4) is 0 Å². The Labute approximate surface area is 145 Å². The van der Waals surface area contributed by atoms with Crippen molar-refractivity contribution in [2.45, 2.75) is 38.5 Å². The van der Waals surface area contributed by atoms with Crippen molar-refractivity contribution in [2.75, 3.05) is 19.7 Å². The minimum absolute atomic E-state index is 0.00202. The Balaban J connectivity index is 1.42. The van der Waals surface area contributed by atoms with Crippen LogP contribution in [-0.2, 0) is 17.8 Å². The van der Waals surface area contributed by atoms with E-state index < -0.39 is 0 Å². The summed E-state index contributed by atoms with van der Waals surface area (Å²) in [6.07, 6.45) is 3.23. The van der Waals surface area contributed by atoms with E-state index in [1.165, 1.54) is 4.88 Å². The van der Waals surface area contributed by atoms with E-state index in [2.05, 4.69) is 22.8 Å². The highest BCUT2D eigenvalue weighted by Gasteiger charge is 2.22. The highest BCUT2D eigenvalue weighted by Crippen LogP contribution is 2.25. The predicted octanol–water partition coefficient (Wildman–Crippen LogP) is 2.71. The fourth-order valence-corrected chi connectivity index (χ4v) is 3.98. The number of hydrogen-bond donors (Lipinski definition) is 1. The number of nitrogens with one attached hydrogen (secondary N) is 1. The molecule has 2 aromatic rings. The van der Waals surface area contributed by atoms with Crippen molar-refractivity contribution in [3.8, 4) is 10.6 Å². The number of hydrogen-bond acceptors (Lipinski definition) is 4. The van der Waals surface area contributed by atoms with Gasteiger partial charge in [-0.25, -0.2) is 4.79 Å². The molecular weight excluding hydrogens is 324 g/mol. The summed E-state index contributed by atoms with van der Waals surface area (Å²) in [6.45, 7) is 3.64. The zero-order valence-electron chi connectivity index (χ0n) is 13.6. The van der Waals surface area contributed by atoms with Crippen molar-refractivity contribution in [3.05, 3.63) is 29.3 Å². The van der Waals surface area contributed by atoms with Crippen molar-refractivity contribution in [1.29, 1.82) is 0 Å². The molecule has 1 saturated heterocycles. The Morgan fingerprint density at radius 2 is 2.38 bits per heavy atom. The summed E-state index contributed by atoms with van der Waals surface area (Å²) in [5.74, 6) is 0. The molecule has 0 aliphatic carbocycles. The number of amides is 2. The number of aryl methyl sites for hydroxylation is 1. The van der Waals surface area contributed by atoms with Gasteiger partial charge in [0, 0.05) is 26.2 Å². The van der Waals surface area contributed by atoms with Crippen LogP contribution < -0.4 is 5.32 Å². The van der Waals surface area contributed by atoms with Crippen LogP contribution in [-0.4, -0.2) is 46.5 Å². The summed E-state index contributed by atoms with van der Waals surface area (Å²) in [4.78, 5) is 15.5. The zero-order chi connectivity index (χ0) is 16.4. The van der Waals surface area contributed by atoms with E-state index in [-0.39, 0.29) is 12.1 Å². The molecule has 0 saturated carbocycles. The molecule has 1 N–H and O–H groups in total. The van der Waals surface area contributed by atoms with Crippen LogP contribution in [0.4, 0.5) is 4.79 Å².